The van der Waals surface area contributed by atoms with Crippen molar-refractivity contribution in [3.05, 3.63) is 59.5 Å². The van der Waals surface area contributed by atoms with Gasteiger partial charge in [0.1, 0.15) is 5.76 Å². The summed E-state index contributed by atoms with van der Waals surface area (Å²) < 4.78 is 5.02. The Morgan fingerprint density at radius 2 is 1.86 bits per heavy atom. The van der Waals surface area contributed by atoms with Gasteiger partial charge < -0.3 is 9.73 Å². The van der Waals surface area contributed by atoms with Gasteiger partial charge in [0, 0.05) is 6.54 Å². The summed E-state index contributed by atoms with van der Waals surface area (Å²) >= 11 is 0. The van der Waals surface area contributed by atoms with Crippen molar-refractivity contribution in [2.45, 2.75) is 13.3 Å². The van der Waals surface area contributed by atoms with Crippen molar-refractivity contribution >= 4 is 11.9 Å². The number of nitrogens with one attached hydrogen (secondary N) is 3. The molecule has 1 heterocycles. The lowest BCUT2D eigenvalue weighted by molar-refractivity contribution is 0.0934. The van der Waals surface area contributed by atoms with E-state index in [1.165, 1.54) is 6.26 Å². The van der Waals surface area contributed by atoms with Crippen molar-refractivity contribution in [1.82, 2.24) is 16.2 Å². The van der Waals surface area contributed by atoms with Crippen molar-refractivity contribution in [1.29, 1.82) is 0 Å². The molecule has 3 amide bonds. The Balaban J connectivity index is 1.68. The molecule has 0 radical (unpaired) electrons. The van der Waals surface area contributed by atoms with Crippen LogP contribution in [0.2, 0.25) is 0 Å². The second-order valence-electron chi connectivity index (χ2n) is 4.46. The summed E-state index contributed by atoms with van der Waals surface area (Å²) in [6, 6.07) is 10.9. The molecular weight excluding hydrogens is 270 g/mol. The first-order chi connectivity index (χ1) is 10.2. The number of hydrazine groups is 1. The predicted octanol–water partition coefficient (Wildman–Crippen LogP) is 1.77. The molecule has 0 fully saturated rings. The molecule has 0 atom stereocenters. The summed E-state index contributed by atoms with van der Waals surface area (Å²) in [6.07, 6.45) is 2.15. The fourth-order valence-electron chi connectivity index (χ4n) is 1.81. The third kappa shape index (κ3) is 4.38. The van der Waals surface area contributed by atoms with E-state index in [9.17, 15) is 9.59 Å². The van der Waals surface area contributed by atoms with Crippen LogP contribution < -0.4 is 16.2 Å². The van der Waals surface area contributed by atoms with Gasteiger partial charge >= 0.3 is 6.03 Å². The molecule has 1 aromatic carbocycles. The quantitative estimate of drug-likeness (QED) is 0.749. The van der Waals surface area contributed by atoms with Crippen LogP contribution in [0.15, 0.2) is 47.1 Å². The average molecular weight is 287 g/mol. The summed E-state index contributed by atoms with van der Waals surface area (Å²) in [4.78, 5) is 23.2. The molecule has 3 N–H and O–H groups in total. The highest BCUT2D eigenvalue weighted by molar-refractivity contribution is 5.95. The molecule has 21 heavy (non-hydrogen) atoms. The van der Waals surface area contributed by atoms with Crippen molar-refractivity contribution in [2.24, 2.45) is 0 Å². The zero-order chi connectivity index (χ0) is 15.1. The number of urea groups is 1. The molecule has 0 saturated heterocycles. The number of amides is 3. The molecule has 2 aromatic rings. The van der Waals surface area contributed by atoms with Crippen LogP contribution >= 0.6 is 0 Å². The van der Waals surface area contributed by atoms with Crippen LogP contribution in [-0.2, 0) is 6.42 Å². The first-order valence-electron chi connectivity index (χ1n) is 6.59. The molecule has 0 saturated carbocycles. The van der Waals surface area contributed by atoms with E-state index in [0.29, 0.717) is 17.9 Å². The highest BCUT2D eigenvalue weighted by Crippen LogP contribution is 2.07. The minimum absolute atomic E-state index is 0.389. The largest absolute Gasteiger partial charge is 0.469 e. The Morgan fingerprint density at radius 1 is 1.10 bits per heavy atom. The van der Waals surface area contributed by atoms with E-state index < -0.39 is 11.9 Å². The zero-order valence-corrected chi connectivity index (χ0v) is 11.7. The lowest BCUT2D eigenvalue weighted by Crippen LogP contribution is -2.47. The molecule has 110 valence electrons. The highest BCUT2D eigenvalue weighted by atomic mass is 16.3. The minimum atomic E-state index is -0.458. The standard InChI is InChI=1S/C15H17N3O3/c1-11-13(8-10-21-11)14(19)17-18-15(20)16-9-7-12-5-3-2-4-6-12/h2-6,8,10H,7,9H2,1H3,(H,17,19)(H2,16,18,20). The van der Waals surface area contributed by atoms with Crippen LogP contribution in [0.25, 0.3) is 0 Å². The molecule has 0 aliphatic carbocycles. The van der Waals surface area contributed by atoms with Crippen LogP contribution in [-0.4, -0.2) is 18.5 Å². The third-order valence-electron chi connectivity index (χ3n) is 2.94. The van der Waals surface area contributed by atoms with Gasteiger partial charge in [-0.25, -0.2) is 10.2 Å². The van der Waals surface area contributed by atoms with Gasteiger partial charge in [0.05, 0.1) is 11.8 Å². The van der Waals surface area contributed by atoms with Gasteiger partial charge in [0.2, 0.25) is 0 Å². The number of benzene rings is 1. The Hall–Kier alpha value is -2.76. The van der Waals surface area contributed by atoms with E-state index in [1.807, 2.05) is 30.3 Å². The van der Waals surface area contributed by atoms with Gasteiger partial charge in [-0.2, -0.15) is 0 Å². The van der Waals surface area contributed by atoms with E-state index in [-0.39, 0.29) is 0 Å². The van der Waals surface area contributed by atoms with Gasteiger partial charge in [-0.3, -0.25) is 10.2 Å². The van der Waals surface area contributed by atoms with E-state index in [4.69, 9.17) is 4.42 Å². The number of hydrogen-bond donors (Lipinski definition) is 3. The molecule has 6 nitrogen and oxygen atoms in total. The summed E-state index contributed by atoms with van der Waals surface area (Å²) in [5, 5.41) is 2.66. The maximum absolute atomic E-state index is 11.7. The molecule has 0 aliphatic heterocycles. The molecule has 0 spiro atoms. The van der Waals surface area contributed by atoms with Gasteiger partial charge in [-0.1, -0.05) is 30.3 Å². The van der Waals surface area contributed by atoms with Crippen molar-refractivity contribution in [3.63, 3.8) is 0 Å². The SMILES string of the molecule is Cc1occc1C(=O)NNC(=O)NCCc1ccccc1. The monoisotopic (exact) mass is 287 g/mol. The van der Waals surface area contributed by atoms with E-state index in [1.54, 1.807) is 13.0 Å². The van der Waals surface area contributed by atoms with E-state index >= 15 is 0 Å². The fraction of sp³-hybridized carbons (Fsp3) is 0.200. The Labute approximate surface area is 122 Å². The van der Waals surface area contributed by atoms with Gasteiger partial charge in [-0.15, -0.1) is 0 Å². The summed E-state index contributed by atoms with van der Waals surface area (Å²) in [6.45, 7) is 2.16. The smallest absolute Gasteiger partial charge is 0.333 e. The average Bonchev–Trinajstić information content (AvgIpc) is 2.92. The number of rotatable bonds is 4. The van der Waals surface area contributed by atoms with Crippen molar-refractivity contribution < 1.29 is 14.0 Å². The number of furan rings is 1. The minimum Gasteiger partial charge on any atom is -0.469 e. The maximum Gasteiger partial charge on any atom is 0.333 e. The first kappa shape index (κ1) is 14.6. The van der Waals surface area contributed by atoms with E-state index in [0.717, 1.165) is 12.0 Å². The van der Waals surface area contributed by atoms with Crippen molar-refractivity contribution in [2.75, 3.05) is 6.54 Å². The lowest BCUT2D eigenvalue weighted by Gasteiger charge is -2.08. The summed E-state index contributed by atoms with van der Waals surface area (Å²) in [5.74, 6) is 0.0817. The molecule has 6 heteroatoms. The molecule has 0 bridgehead atoms. The number of carbonyl (C=O) groups is 2. The molecule has 1 aromatic heterocycles. The molecular formula is C15H17N3O3. The van der Waals surface area contributed by atoms with E-state index in [2.05, 4.69) is 16.2 Å². The number of carbonyl (C=O) groups excluding carboxylic acids is 2. The Kier molecular flexibility index (Phi) is 4.98. The van der Waals surface area contributed by atoms with Crippen LogP contribution in [0, 0.1) is 6.92 Å². The predicted molar refractivity (Wildman–Crippen MR) is 77.6 cm³/mol. The first-order valence-corrected chi connectivity index (χ1v) is 6.59. The second-order valence-corrected chi connectivity index (χ2v) is 4.46. The van der Waals surface area contributed by atoms with Crippen LogP contribution in [0.5, 0.6) is 0 Å². The third-order valence-corrected chi connectivity index (χ3v) is 2.94. The molecule has 0 aliphatic rings. The van der Waals surface area contributed by atoms with Crippen molar-refractivity contribution in [3.8, 4) is 0 Å². The second kappa shape index (κ2) is 7.14. The Morgan fingerprint density at radius 3 is 2.52 bits per heavy atom. The summed E-state index contributed by atoms with van der Waals surface area (Å²) in [7, 11) is 0. The fourth-order valence-corrected chi connectivity index (χ4v) is 1.81. The lowest BCUT2D eigenvalue weighted by atomic mass is 10.1. The number of aryl methyl sites for hydroxylation is 1. The topological polar surface area (TPSA) is 83.4 Å². The maximum atomic E-state index is 11.7. The number of hydrogen-bond acceptors (Lipinski definition) is 3. The van der Waals surface area contributed by atoms with Gasteiger partial charge in [0.25, 0.3) is 5.91 Å². The summed E-state index contributed by atoms with van der Waals surface area (Å²) in [5.41, 5.74) is 6.13. The highest BCUT2D eigenvalue weighted by Gasteiger charge is 2.11. The zero-order valence-electron chi connectivity index (χ0n) is 11.7. The molecule has 2 rings (SSSR count). The molecule has 0 unspecified atom stereocenters. The van der Waals surface area contributed by atoms with Crippen LogP contribution in [0.4, 0.5) is 4.79 Å². The van der Waals surface area contributed by atoms with Gasteiger partial charge in [-0.05, 0) is 25.0 Å². The normalized spacial score (nSPS) is 9.95. The van der Waals surface area contributed by atoms with Crippen LogP contribution in [0.3, 0.4) is 0 Å². The van der Waals surface area contributed by atoms with Gasteiger partial charge in [0.15, 0.2) is 0 Å². The Bertz CT molecular complexity index is 608. The van der Waals surface area contributed by atoms with Crippen LogP contribution in [0.1, 0.15) is 21.7 Å².